The van der Waals surface area contributed by atoms with Gasteiger partial charge < -0.3 is 15.0 Å². The molecule has 0 radical (unpaired) electrons. The SMILES string of the molecule is CC1CC(CN)CN1C(=O)c1ccccc1SCc1cn2ccccc2n1. The molecule has 1 saturated heterocycles. The lowest BCUT2D eigenvalue weighted by atomic mass is 10.1. The molecule has 1 aromatic carbocycles. The molecule has 6 heteroatoms. The van der Waals surface area contributed by atoms with Crippen molar-refractivity contribution in [3.63, 3.8) is 0 Å². The monoisotopic (exact) mass is 380 g/mol. The molecule has 140 valence electrons. The molecule has 4 rings (SSSR count). The molecule has 0 bridgehead atoms. The largest absolute Gasteiger partial charge is 0.336 e. The molecule has 2 aromatic heterocycles. The lowest BCUT2D eigenvalue weighted by molar-refractivity contribution is 0.0740. The van der Waals surface area contributed by atoms with Crippen molar-refractivity contribution in [1.82, 2.24) is 14.3 Å². The minimum atomic E-state index is 0.108. The number of hydrogen-bond acceptors (Lipinski definition) is 4. The topological polar surface area (TPSA) is 63.6 Å². The maximum atomic E-state index is 13.1. The van der Waals surface area contributed by atoms with E-state index in [1.807, 2.05) is 64.2 Å². The van der Waals surface area contributed by atoms with Crippen LogP contribution in [-0.4, -0.2) is 39.3 Å². The van der Waals surface area contributed by atoms with Gasteiger partial charge in [0.25, 0.3) is 5.91 Å². The summed E-state index contributed by atoms with van der Waals surface area (Å²) in [5, 5.41) is 0. The maximum absolute atomic E-state index is 13.1. The van der Waals surface area contributed by atoms with Gasteiger partial charge in [-0.1, -0.05) is 18.2 Å². The van der Waals surface area contributed by atoms with Crippen molar-refractivity contribution in [2.75, 3.05) is 13.1 Å². The minimum Gasteiger partial charge on any atom is -0.336 e. The first-order valence-corrected chi connectivity index (χ1v) is 10.3. The highest BCUT2D eigenvalue weighted by Crippen LogP contribution is 2.30. The van der Waals surface area contributed by atoms with E-state index in [1.165, 1.54) is 0 Å². The Labute approximate surface area is 163 Å². The Morgan fingerprint density at radius 1 is 1.26 bits per heavy atom. The number of benzene rings is 1. The second-order valence-electron chi connectivity index (χ2n) is 7.13. The lowest BCUT2D eigenvalue weighted by Gasteiger charge is -2.22. The van der Waals surface area contributed by atoms with Crippen LogP contribution in [0.3, 0.4) is 0 Å². The second kappa shape index (κ2) is 7.74. The number of likely N-dealkylation sites (tertiary alicyclic amines) is 1. The number of nitrogens with zero attached hydrogens (tertiary/aromatic N) is 3. The van der Waals surface area contributed by atoms with Gasteiger partial charge in [0.05, 0.1) is 11.3 Å². The number of fused-ring (bicyclic) bond motifs is 1. The van der Waals surface area contributed by atoms with Gasteiger partial charge in [-0.2, -0.15) is 0 Å². The number of carbonyl (C=O) groups excluding carboxylic acids is 1. The van der Waals surface area contributed by atoms with E-state index < -0.39 is 0 Å². The predicted octanol–water partition coefficient (Wildman–Crippen LogP) is 3.44. The van der Waals surface area contributed by atoms with Crippen LogP contribution < -0.4 is 5.73 Å². The summed E-state index contributed by atoms with van der Waals surface area (Å²) in [4.78, 5) is 20.8. The van der Waals surface area contributed by atoms with E-state index in [0.717, 1.165) is 40.5 Å². The minimum absolute atomic E-state index is 0.108. The lowest BCUT2D eigenvalue weighted by Crippen LogP contribution is -2.34. The number of pyridine rings is 1. The van der Waals surface area contributed by atoms with Crippen LogP contribution in [0.4, 0.5) is 0 Å². The summed E-state index contributed by atoms with van der Waals surface area (Å²) in [7, 11) is 0. The Morgan fingerprint density at radius 2 is 2.07 bits per heavy atom. The van der Waals surface area contributed by atoms with Crippen LogP contribution in [0.5, 0.6) is 0 Å². The van der Waals surface area contributed by atoms with Gasteiger partial charge in [0, 0.05) is 35.6 Å². The molecule has 5 nitrogen and oxygen atoms in total. The summed E-state index contributed by atoms with van der Waals surface area (Å²) in [5.41, 5.74) is 8.54. The van der Waals surface area contributed by atoms with Crippen LogP contribution in [0.25, 0.3) is 5.65 Å². The summed E-state index contributed by atoms with van der Waals surface area (Å²) >= 11 is 1.66. The van der Waals surface area contributed by atoms with Gasteiger partial charge in [0.15, 0.2) is 0 Å². The van der Waals surface area contributed by atoms with Crippen LogP contribution >= 0.6 is 11.8 Å². The van der Waals surface area contributed by atoms with Gasteiger partial charge in [0.2, 0.25) is 0 Å². The Bertz CT molecular complexity index is 921. The number of imidazole rings is 1. The molecule has 1 amide bonds. The normalized spacial score (nSPS) is 19.7. The Kier molecular flexibility index (Phi) is 5.18. The summed E-state index contributed by atoms with van der Waals surface area (Å²) < 4.78 is 2.02. The standard InChI is InChI=1S/C21H24N4OS/c1-15-10-16(11-22)12-25(15)21(26)18-6-2-3-7-19(18)27-14-17-13-24-9-5-4-8-20(24)23-17/h2-9,13,15-16H,10-12,14,22H2,1H3. The molecule has 0 spiro atoms. The predicted molar refractivity (Wildman–Crippen MR) is 109 cm³/mol. The Balaban J connectivity index is 1.51. The number of carbonyl (C=O) groups is 1. The van der Waals surface area contributed by atoms with Gasteiger partial charge in [-0.05, 0) is 50.1 Å². The average molecular weight is 381 g/mol. The highest BCUT2D eigenvalue weighted by atomic mass is 32.2. The van der Waals surface area contributed by atoms with E-state index in [2.05, 4.69) is 11.9 Å². The van der Waals surface area contributed by atoms with Crippen LogP contribution in [0.2, 0.25) is 0 Å². The van der Waals surface area contributed by atoms with Crippen LogP contribution in [0.1, 0.15) is 29.4 Å². The fraction of sp³-hybridized carbons (Fsp3) is 0.333. The summed E-state index contributed by atoms with van der Waals surface area (Å²) in [5.74, 6) is 1.24. The van der Waals surface area contributed by atoms with Crippen molar-refractivity contribution < 1.29 is 4.79 Å². The van der Waals surface area contributed by atoms with Crippen molar-refractivity contribution in [3.8, 4) is 0 Å². The molecule has 3 aromatic rings. The molecule has 0 saturated carbocycles. The van der Waals surface area contributed by atoms with E-state index in [-0.39, 0.29) is 11.9 Å². The van der Waals surface area contributed by atoms with Gasteiger partial charge in [-0.15, -0.1) is 11.8 Å². The third-order valence-electron chi connectivity index (χ3n) is 5.16. The summed E-state index contributed by atoms with van der Waals surface area (Å²) in [6.07, 6.45) is 5.02. The van der Waals surface area contributed by atoms with Gasteiger partial charge >= 0.3 is 0 Å². The fourth-order valence-corrected chi connectivity index (χ4v) is 4.66. The van der Waals surface area contributed by atoms with E-state index in [4.69, 9.17) is 5.73 Å². The van der Waals surface area contributed by atoms with Crippen molar-refractivity contribution in [2.24, 2.45) is 11.7 Å². The van der Waals surface area contributed by atoms with Crippen molar-refractivity contribution in [3.05, 3.63) is 66.1 Å². The van der Waals surface area contributed by atoms with Crippen LogP contribution in [-0.2, 0) is 5.75 Å². The molecule has 2 atom stereocenters. The van der Waals surface area contributed by atoms with Gasteiger partial charge in [-0.3, -0.25) is 4.79 Å². The number of aromatic nitrogens is 2. The van der Waals surface area contributed by atoms with Crippen LogP contribution in [0, 0.1) is 5.92 Å². The smallest absolute Gasteiger partial charge is 0.255 e. The quantitative estimate of drug-likeness (QED) is 0.689. The van der Waals surface area contributed by atoms with Crippen molar-refractivity contribution in [2.45, 2.75) is 30.0 Å². The number of thioether (sulfide) groups is 1. The van der Waals surface area contributed by atoms with E-state index in [0.29, 0.717) is 12.5 Å². The second-order valence-corrected chi connectivity index (χ2v) is 8.14. The first-order chi connectivity index (χ1) is 13.2. The zero-order valence-electron chi connectivity index (χ0n) is 15.4. The molecular weight excluding hydrogens is 356 g/mol. The van der Waals surface area contributed by atoms with Crippen molar-refractivity contribution >= 4 is 23.3 Å². The molecule has 3 heterocycles. The molecule has 2 unspecified atom stereocenters. The highest BCUT2D eigenvalue weighted by molar-refractivity contribution is 7.98. The van der Waals surface area contributed by atoms with Gasteiger partial charge in [-0.25, -0.2) is 4.98 Å². The van der Waals surface area contributed by atoms with E-state index in [9.17, 15) is 4.79 Å². The molecule has 27 heavy (non-hydrogen) atoms. The molecular formula is C21H24N4OS. The first kappa shape index (κ1) is 18.1. The highest BCUT2D eigenvalue weighted by Gasteiger charge is 2.32. The molecule has 2 N–H and O–H groups in total. The Morgan fingerprint density at radius 3 is 2.85 bits per heavy atom. The third kappa shape index (κ3) is 3.73. The summed E-state index contributed by atoms with van der Waals surface area (Å²) in [6, 6.07) is 14.1. The molecule has 1 aliphatic rings. The van der Waals surface area contributed by atoms with E-state index >= 15 is 0 Å². The number of rotatable bonds is 5. The van der Waals surface area contributed by atoms with Crippen LogP contribution in [0.15, 0.2) is 59.8 Å². The third-order valence-corrected chi connectivity index (χ3v) is 6.27. The number of hydrogen-bond donors (Lipinski definition) is 1. The zero-order chi connectivity index (χ0) is 18.8. The van der Waals surface area contributed by atoms with E-state index in [1.54, 1.807) is 11.8 Å². The molecule has 0 aliphatic carbocycles. The molecule has 1 fully saturated rings. The Hall–Kier alpha value is -2.31. The fourth-order valence-electron chi connectivity index (χ4n) is 3.73. The first-order valence-electron chi connectivity index (χ1n) is 9.31. The van der Waals surface area contributed by atoms with Crippen molar-refractivity contribution in [1.29, 1.82) is 0 Å². The zero-order valence-corrected chi connectivity index (χ0v) is 16.2. The molecule has 1 aliphatic heterocycles. The average Bonchev–Trinajstić information content (AvgIpc) is 3.28. The van der Waals surface area contributed by atoms with Gasteiger partial charge in [0.1, 0.15) is 5.65 Å². The number of nitrogens with two attached hydrogens (primary N) is 1. The maximum Gasteiger partial charge on any atom is 0.255 e. The number of amides is 1. The summed E-state index contributed by atoms with van der Waals surface area (Å²) in [6.45, 7) is 3.50.